The van der Waals surface area contributed by atoms with Crippen LogP contribution in [-0.4, -0.2) is 85.1 Å². The van der Waals surface area contributed by atoms with E-state index in [0.29, 0.717) is 48.9 Å². The molecule has 0 unspecified atom stereocenters. The van der Waals surface area contributed by atoms with Crippen LogP contribution in [0.4, 0.5) is 4.79 Å². The van der Waals surface area contributed by atoms with Gasteiger partial charge in [0.25, 0.3) is 5.91 Å². The molecule has 2 aromatic carbocycles. The number of nitrogens with zero attached hydrogens (tertiary/aromatic N) is 4. The highest BCUT2D eigenvalue weighted by Crippen LogP contribution is 2.33. The number of carbonyl (C=O) groups excluding carboxylic acids is 2. The van der Waals surface area contributed by atoms with Crippen LogP contribution in [0.2, 0.25) is 0 Å². The van der Waals surface area contributed by atoms with Gasteiger partial charge in [0, 0.05) is 50.2 Å². The van der Waals surface area contributed by atoms with Gasteiger partial charge in [-0.1, -0.05) is 18.2 Å². The number of hydrogen-bond donors (Lipinski definition) is 0. The highest BCUT2D eigenvalue weighted by molar-refractivity contribution is 6.07. The molecule has 0 aliphatic carbocycles. The van der Waals surface area contributed by atoms with Crippen LogP contribution >= 0.6 is 0 Å². The third-order valence-corrected chi connectivity index (χ3v) is 7.09. The fourth-order valence-electron chi connectivity index (χ4n) is 5.05. The Morgan fingerprint density at radius 2 is 1.42 bits per heavy atom. The van der Waals surface area contributed by atoms with Gasteiger partial charge in [-0.05, 0) is 49.6 Å². The molecule has 0 spiro atoms. The smallest absolute Gasteiger partial charge is 0.320 e. The van der Waals surface area contributed by atoms with E-state index in [9.17, 15) is 9.59 Å². The summed E-state index contributed by atoms with van der Waals surface area (Å²) in [6, 6.07) is 15.3. The zero-order valence-corrected chi connectivity index (χ0v) is 20.9. The molecule has 8 heteroatoms. The molecule has 5 rings (SSSR count). The van der Waals surface area contributed by atoms with Gasteiger partial charge in [-0.25, -0.2) is 9.78 Å². The maximum Gasteiger partial charge on any atom is 0.320 e. The number of amides is 3. The number of piperazine rings is 1. The molecule has 0 atom stereocenters. The summed E-state index contributed by atoms with van der Waals surface area (Å²) < 4.78 is 10.8. The summed E-state index contributed by atoms with van der Waals surface area (Å²) in [4.78, 5) is 37.1. The quantitative estimate of drug-likeness (QED) is 0.548. The molecule has 3 heterocycles. The van der Waals surface area contributed by atoms with E-state index in [1.165, 1.54) is 6.42 Å². The Hall–Kier alpha value is -3.81. The molecular formula is C28H32N4O4. The first-order valence-electron chi connectivity index (χ1n) is 12.5. The lowest BCUT2D eigenvalue weighted by atomic mass is 10.0. The lowest BCUT2D eigenvalue weighted by Gasteiger charge is -2.38. The number of pyridine rings is 1. The number of likely N-dealkylation sites (tertiary alicyclic amines) is 1. The monoisotopic (exact) mass is 488 g/mol. The molecule has 36 heavy (non-hydrogen) atoms. The lowest BCUT2D eigenvalue weighted by Crippen LogP contribution is -2.54. The topological polar surface area (TPSA) is 75.2 Å². The minimum atomic E-state index is -0.0413. The molecule has 2 aliphatic heterocycles. The van der Waals surface area contributed by atoms with Crippen molar-refractivity contribution in [3.63, 3.8) is 0 Å². The number of benzene rings is 2. The third kappa shape index (κ3) is 4.67. The van der Waals surface area contributed by atoms with Gasteiger partial charge in [-0.15, -0.1) is 0 Å². The first kappa shape index (κ1) is 23.9. The summed E-state index contributed by atoms with van der Waals surface area (Å²) >= 11 is 0. The summed E-state index contributed by atoms with van der Waals surface area (Å²) in [6.07, 6.45) is 3.33. The number of carbonyl (C=O) groups is 2. The van der Waals surface area contributed by atoms with E-state index in [-0.39, 0.29) is 11.9 Å². The van der Waals surface area contributed by atoms with Gasteiger partial charge < -0.3 is 24.2 Å². The standard InChI is InChI=1S/C28H32N4O4/c1-35-25-11-10-20(18-26(25)36-2)24-19-22(21-8-4-5-9-23(21)29-24)27(33)30-14-16-32(17-15-30)28(34)31-12-6-3-7-13-31/h4-5,8-11,18-19H,3,6-7,12-17H2,1-2H3. The minimum Gasteiger partial charge on any atom is -0.493 e. The molecule has 0 saturated carbocycles. The third-order valence-electron chi connectivity index (χ3n) is 7.09. The van der Waals surface area contributed by atoms with Crippen LogP contribution in [0.3, 0.4) is 0 Å². The average Bonchev–Trinajstić information content (AvgIpc) is 2.96. The Bertz CT molecular complexity index is 1260. The van der Waals surface area contributed by atoms with Gasteiger partial charge in [0.2, 0.25) is 0 Å². The van der Waals surface area contributed by atoms with Crippen molar-refractivity contribution >= 4 is 22.8 Å². The van der Waals surface area contributed by atoms with Crippen LogP contribution in [0.25, 0.3) is 22.2 Å². The minimum absolute atomic E-state index is 0.0413. The van der Waals surface area contributed by atoms with E-state index < -0.39 is 0 Å². The Kier molecular flexibility index (Phi) is 6.93. The average molecular weight is 489 g/mol. The number of urea groups is 1. The molecule has 3 aromatic rings. The van der Waals surface area contributed by atoms with Crippen molar-refractivity contribution in [1.82, 2.24) is 19.7 Å². The van der Waals surface area contributed by atoms with Crippen LogP contribution in [0.1, 0.15) is 29.6 Å². The summed E-state index contributed by atoms with van der Waals surface area (Å²) in [6.45, 7) is 3.79. The zero-order chi connectivity index (χ0) is 25.1. The molecule has 2 aliphatic rings. The highest BCUT2D eigenvalue weighted by Gasteiger charge is 2.29. The van der Waals surface area contributed by atoms with Crippen molar-refractivity contribution in [3.8, 4) is 22.8 Å². The number of rotatable bonds is 4. The van der Waals surface area contributed by atoms with Gasteiger partial charge in [0.05, 0.1) is 31.0 Å². The molecule has 8 nitrogen and oxygen atoms in total. The van der Waals surface area contributed by atoms with Gasteiger partial charge in [-0.3, -0.25) is 4.79 Å². The van der Waals surface area contributed by atoms with Crippen LogP contribution in [-0.2, 0) is 0 Å². The Morgan fingerprint density at radius 1 is 0.750 bits per heavy atom. The van der Waals surface area contributed by atoms with Gasteiger partial charge >= 0.3 is 6.03 Å². The second kappa shape index (κ2) is 10.4. The molecule has 1 aromatic heterocycles. The fraction of sp³-hybridized carbons (Fsp3) is 0.393. The Labute approximate surface area is 211 Å². The van der Waals surface area contributed by atoms with E-state index in [0.717, 1.165) is 42.4 Å². The molecule has 3 amide bonds. The fourth-order valence-corrected chi connectivity index (χ4v) is 5.05. The second-order valence-electron chi connectivity index (χ2n) is 9.25. The first-order chi connectivity index (χ1) is 17.6. The van der Waals surface area contributed by atoms with Crippen molar-refractivity contribution < 1.29 is 19.1 Å². The summed E-state index contributed by atoms with van der Waals surface area (Å²) in [5, 5.41) is 0.818. The first-order valence-corrected chi connectivity index (χ1v) is 12.5. The molecule has 2 fully saturated rings. The zero-order valence-electron chi connectivity index (χ0n) is 20.9. The Morgan fingerprint density at radius 3 is 2.14 bits per heavy atom. The number of piperidine rings is 1. The van der Waals surface area contributed by atoms with Crippen molar-refractivity contribution in [2.45, 2.75) is 19.3 Å². The number of methoxy groups -OCH3 is 2. The van der Waals surface area contributed by atoms with E-state index in [1.807, 2.05) is 63.2 Å². The van der Waals surface area contributed by atoms with E-state index in [4.69, 9.17) is 14.5 Å². The molecule has 188 valence electrons. The van der Waals surface area contributed by atoms with Crippen LogP contribution < -0.4 is 9.47 Å². The van der Waals surface area contributed by atoms with Crippen molar-refractivity contribution in [2.75, 3.05) is 53.5 Å². The van der Waals surface area contributed by atoms with Crippen molar-refractivity contribution in [2.24, 2.45) is 0 Å². The summed E-state index contributed by atoms with van der Waals surface area (Å²) in [5.41, 5.74) is 2.90. The largest absolute Gasteiger partial charge is 0.493 e. The van der Waals surface area contributed by atoms with Crippen LogP contribution in [0.5, 0.6) is 11.5 Å². The number of hydrogen-bond acceptors (Lipinski definition) is 5. The van der Waals surface area contributed by atoms with E-state index in [1.54, 1.807) is 14.2 Å². The highest BCUT2D eigenvalue weighted by atomic mass is 16.5. The van der Waals surface area contributed by atoms with Crippen LogP contribution in [0, 0.1) is 0 Å². The number of ether oxygens (including phenoxy) is 2. The lowest BCUT2D eigenvalue weighted by molar-refractivity contribution is 0.0635. The molecule has 0 N–H and O–H groups in total. The SMILES string of the molecule is COc1ccc(-c2cc(C(=O)N3CCN(C(=O)N4CCCCC4)CC3)c3ccccc3n2)cc1OC. The maximum atomic E-state index is 13.7. The summed E-state index contributed by atoms with van der Waals surface area (Å²) in [7, 11) is 3.20. The van der Waals surface area contributed by atoms with Gasteiger partial charge in [0.15, 0.2) is 11.5 Å². The maximum absolute atomic E-state index is 13.7. The second-order valence-corrected chi connectivity index (χ2v) is 9.25. The van der Waals surface area contributed by atoms with Gasteiger partial charge in [-0.2, -0.15) is 0 Å². The molecule has 0 bridgehead atoms. The van der Waals surface area contributed by atoms with Crippen molar-refractivity contribution in [1.29, 1.82) is 0 Å². The van der Waals surface area contributed by atoms with Gasteiger partial charge in [0.1, 0.15) is 0 Å². The van der Waals surface area contributed by atoms with Crippen LogP contribution in [0.15, 0.2) is 48.5 Å². The predicted molar refractivity (Wildman–Crippen MR) is 139 cm³/mol. The van der Waals surface area contributed by atoms with Crippen molar-refractivity contribution in [3.05, 3.63) is 54.1 Å². The number of para-hydroxylation sites is 1. The molecule has 0 radical (unpaired) electrons. The normalized spacial score (nSPS) is 16.2. The predicted octanol–water partition coefficient (Wildman–Crippen LogP) is 4.28. The molecular weight excluding hydrogens is 456 g/mol. The molecule has 2 saturated heterocycles. The Balaban J connectivity index is 1.40. The summed E-state index contributed by atoms with van der Waals surface area (Å²) in [5.74, 6) is 1.20. The number of aromatic nitrogens is 1. The number of fused-ring (bicyclic) bond motifs is 1. The van der Waals surface area contributed by atoms with E-state index in [2.05, 4.69) is 0 Å². The van der Waals surface area contributed by atoms with E-state index >= 15 is 0 Å².